The second-order valence-corrected chi connectivity index (χ2v) is 3.70. The quantitative estimate of drug-likeness (QED) is 0.585. The normalized spacial score (nSPS) is 19.0. The molecule has 0 bridgehead atoms. The monoisotopic (exact) mass is 213 g/mol. The van der Waals surface area contributed by atoms with Crippen molar-refractivity contribution in [1.82, 2.24) is 4.90 Å². The highest BCUT2D eigenvalue weighted by Crippen LogP contribution is 1.89. The van der Waals surface area contributed by atoms with E-state index >= 15 is 0 Å². The zero-order valence-electron chi connectivity index (χ0n) is 7.76. The molecule has 0 spiro atoms. The molecule has 0 aromatic carbocycles. The fourth-order valence-electron chi connectivity index (χ4n) is 0.655. The summed E-state index contributed by atoms with van der Waals surface area (Å²) >= 11 is 0. The summed E-state index contributed by atoms with van der Waals surface area (Å²) in [6, 6.07) is 0. The van der Waals surface area contributed by atoms with E-state index in [-0.39, 0.29) is 0 Å². The van der Waals surface area contributed by atoms with Gasteiger partial charge in [-0.1, -0.05) is 0 Å². The number of ether oxygens (including phenoxy) is 1. The van der Waals surface area contributed by atoms with Gasteiger partial charge in [0.1, 0.15) is 0 Å². The number of rotatable bonds is 1. The molecule has 1 N–H and O–H groups in total. The van der Waals surface area contributed by atoms with E-state index in [1.54, 1.807) is 0 Å². The Morgan fingerprint density at radius 1 is 1.38 bits per heavy atom. The first-order valence-corrected chi connectivity index (χ1v) is 5.11. The summed E-state index contributed by atoms with van der Waals surface area (Å²) in [5.74, 6) is 0. The highest BCUT2D eigenvalue weighted by molar-refractivity contribution is 7.80. The number of likely N-dealkylation sites (N-methyl/N-ethyl adjacent to an activating group) is 1. The van der Waals surface area contributed by atoms with Crippen LogP contribution >= 0.6 is 0 Å². The van der Waals surface area contributed by atoms with Crippen LogP contribution in [0.15, 0.2) is 0 Å². The standard InChI is InChI=1S/C5H11NO.CH4O4S/c1-6-2-4-7-5-3-6;1-5-6(2,3)4/h2-5H2,1H3;1H3,(H,2,3,4). The average Bonchev–Trinajstić information content (AvgIpc) is 2.06. The third-order valence-corrected chi connectivity index (χ3v) is 1.87. The Kier molecular flexibility index (Phi) is 6.17. The molecule has 7 heteroatoms. The Balaban J connectivity index is 0.000000226. The van der Waals surface area contributed by atoms with Crippen LogP contribution in [0, 0.1) is 0 Å². The highest BCUT2D eigenvalue weighted by Gasteiger charge is 2.02. The van der Waals surface area contributed by atoms with Gasteiger partial charge in [-0.15, -0.1) is 0 Å². The molecule has 1 heterocycles. The minimum atomic E-state index is -4.16. The first kappa shape index (κ1) is 12.8. The van der Waals surface area contributed by atoms with Gasteiger partial charge >= 0.3 is 10.4 Å². The minimum absolute atomic E-state index is 0.870. The molecule has 1 saturated heterocycles. The smallest absolute Gasteiger partial charge is 0.379 e. The molecular weight excluding hydrogens is 198 g/mol. The van der Waals surface area contributed by atoms with Crippen LogP contribution in [0.4, 0.5) is 0 Å². The van der Waals surface area contributed by atoms with E-state index in [4.69, 9.17) is 9.29 Å². The fourth-order valence-corrected chi connectivity index (χ4v) is 0.655. The zero-order valence-corrected chi connectivity index (χ0v) is 8.58. The Morgan fingerprint density at radius 3 is 1.92 bits per heavy atom. The van der Waals surface area contributed by atoms with E-state index < -0.39 is 10.4 Å². The van der Waals surface area contributed by atoms with Gasteiger partial charge in [0, 0.05) is 13.1 Å². The lowest BCUT2D eigenvalue weighted by Gasteiger charge is -2.21. The molecular formula is C6H15NO5S. The summed E-state index contributed by atoms with van der Waals surface area (Å²) in [5, 5.41) is 0. The molecule has 0 aliphatic carbocycles. The van der Waals surface area contributed by atoms with E-state index in [9.17, 15) is 8.42 Å². The van der Waals surface area contributed by atoms with Crippen molar-refractivity contribution in [2.75, 3.05) is 40.5 Å². The third-order valence-electron chi connectivity index (χ3n) is 1.45. The number of nitrogens with zero attached hydrogens (tertiary/aromatic N) is 1. The third kappa shape index (κ3) is 9.71. The van der Waals surface area contributed by atoms with Gasteiger partial charge in [-0.25, -0.2) is 0 Å². The number of hydrogen-bond donors (Lipinski definition) is 1. The molecule has 0 radical (unpaired) electrons. The molecule has 0 atom stereocenters. The number of morpholine rings is 1. The van der Waals surface area contributed by atoms with Crippen molar-refractivity contribution >= 4 is 10.4 Å². The summed E-state index contributed by atoms with van der Waals surface area (Å²) in [5.41, 5.74) is 0. The van der Waals surface area contributed by atoms with Crippen molar-refractivity contribution in [1.29, 1.82) is 0 Å². The van der Waals surface area contributed by atoms with Crippen LogP contribution in [0.2, 0.25) is 0 Å². The van der Waals surface area contributed by atoms with Gasteiger partial charge in [0.25, 0.3) is 0 Å². The van der Waals surface area contributed by atoms with Crippen molar-refractivity contribution in [2.24, 2.45) is 0 Å². The SMILES string of the molecule is CN1CCOCC1.COS(=O)(=O)O. The molecule has 0 aromatic heterocycles. The summed E-state index contributed by atoms with van der Waals surface area (Å²) in [6.07, 6.45) is 0. The van der Waals surface area contributed by atoms with E-state index in [0.717, 1.165) is 33.4 Å². The van der Waals surface area contributed by atoms with Crippen LogP contribution in [-0.4, -0.2) is 58.3 Å². The van der Waals surface area contributed by atoms with Gasteiger partial charge in [0.05, 0.1) is 20.3 Å². The van der Waals surface area contributed by atoms with Gasteiger partial charge < -0.3 is 9.64 Å². The largest absolute Gasteiger partial charge is 0.397 e. The molecule has 80 valence electrons. The van der Waals surface area contributed by atoms with Crippen LogP contribution in [0.25, 0.3) is 0 Å². The van der Waals surface area contributed by atoms with Crippen molar-refractivity contribution in [3.05, 3.63) is 0 Å². The predicted octanol–water partition coefficient (Wildman–Crippen LogP) is -0.616. The van der Waals surface area contributed by atoms with Crippen molar-refractivity contribution in [2.45, 2.75) is 0 Å². The lowest BCUT2D eigenvalue weighted by molar-refractivity contribution is 0.0503. The molecule has 0 amide bonds. The van der Waals surface area contributed by atoms with E-state index in [1.807, 2.05) is 0 Å². The van der Waals surface area contributed by atoms with Crippen LogP contribution in [0.3, 0.4) is 0 Å². The van der Waals surface area contributed by atoms with Crippen LogP contribution < -0.4 is 0 Å². The van der Waals surface area contributed by atoms with E-state index in [0.29, 0.717) is 0 Å². The first-order chi connectivity index (χ1) is 5.95. The maximum atomic E-state index is 9.33. The fraction of sp³-hybridized carbons (Fsp3) is 1.00. The summed E-state index contributed by atoms with van der Waals surface area (Å²) in [7, 11) is -1.18. The molecule has 13 heavy (non-hydrogen) atoms. The van der Waals surface area contributed by atoms with Gasteiger partial charge in [-0.2, -0.15) is 8.42 Å². The van der Waals surface area contributed by atoms with Crippen molar-refractivity contribution in [3.8, 4) is 0 Å². The van der Waals surface area contributed by atoms with Crippen LogP contribution in [0.5, 0.6) is 0 Å². The molecule has 0 aromatic rings. The predicted molar refractivity (Wildman–Crippen MR) is 46.9 cm³/mol. The van der Waals surface area contributed by atoms with E-state index in [2.05, 4.69) is 16.1 Å². The maximum Gasteiger partial charge on any atom is 0.397 e. The average molecular weight is 213 g/mol. The van der Waals surface area contributed by atoms with Gasteiger partial charge in [0.15, 0.2) is 0 Å². The molecule has 6 nitrogen and oxygen atoms in total. The maximum absolute atomic E-state index is 9.33. The Morgan fingerprint density at radius 2 is 1.77 bits per heavy atom. The van der Waals surface area contributed by atoms with Crippen molar-refractivity contribution < 1.29 is 21.9 Å². The first-order valence-electron chi connectivity index (χ1n) is 3.75. The van der Waals surface area contributed by atoms with Gasteiger partial charge in [0.2, 0.25) is 0 Å². The Bertz CT molecular complexity index is 209. The lowest BCUT2D eigenvalue weighted by atomic mass is 10.5. The van der Waals surface area contributed by atoms with Gasteiger partial charge in [-0.05, 0) is 7.05 Å². The second kappa shape index (κ2) is 6.28. The van der Waals surface area contributed by atoms with E-state index in [1.165, 1.54) is 0 Å². The Labute approximate surface area is 78.4 Å². The number of hydrogen-bond acceptors (Lipinski definition) is 5. The Hall–Kier alpha value is -0.210. The molecule has 0 unspecified atom stereocenters. The summed E-state index contributed by atoms with van der Waals surface area (Å²) in [4.78, 5) is 2.27. The highest BCUT2D eigenvalue weighted by atomic mass is 32.3. The van der Waals surface area contributed by atoms with Crippen molar-refractivity contribution in [3.63, 3.8) is 0 Å². The minimum Gasteiger partial charge on any atom is -0.379 e. The molecule has 1 aliphatic heterocycles. The second-order valence-electron chi connectivity index (χ2n) is 2.51. The zero-order chi connectivity index (χ0) is 10.3. The van der Waals surface area contributed by atoms with Crippen LogP contribution in [0.1, 0.15) is 0 Å². The molecule has 1 aliphatic rings. The summed E-state index contributed by atoms with van der Waals surface area (Å²) in [6.45, 7) is 4.02. The topological polar surface area (TPSA) is 76.1 Å². The lowest BCUT2D eigenvalue weighted by Crippen LogP contribution is -2.32. The molecule has 1 rings (SSSR count). The summed E-state index contributed by atoms with van der Waals surface area (Å²) < 4.78 is 34.8. The van der Waals surface area contributed by atoms with Gasteiger partial charge in [-0.3, -0.25) is 8.74 Å². The molecule has 1 fully saturated rings. The molecule has 0 saturated carbocycles. The van der Waals surface area contributed by atoms with Crippen LogP contribution in [-0.2, 0) is 19.3 Å².